The molecule has 1 unspecified atom stereocenters. The van der Waals surface area contributed by atoms with Crippen LogP contribution < -0.4 is 10.5 Å². The second-order valence-corrected chi connectivity index (χ2v) is 4.74. The summed E-state index contributed by atoms with van der Waals surface area (Å²) < 4.78 is 19.3. The van der Waals surface area contributed by atoms with Gasteiger partial charge in [0.05, 0.1) is 6.61 Å². The summed E-state index contributed by atoms with van der Waals surface area (Å²) in [6.07, 6.45) is 0. The van der Waals surface area contributed by atoms with Gasteiger partial charge in [-0.1, -0.05) is 30.3 Å². The minimum absolute atomic E-state index is 0.0189. The maximum atomic E-state index is 13.7. The SMILES string of the molecule is CC(N)c1ccc(OCc2ccc(CO)cc2)cc1F. The largest absolute Gasteiger partial charge is 0.489 e. The molecular weight excluding hydrogens is 257 g/mol. The highest BCUT2D eigenvalue weighted by Crippen LogP contribution is 2.21. The molecule has 1 atom stereocenters. The van der Waals surface area contributed by atoms with E-state index >= 15 is 0 Å². The van der Waals surface area contributed by atoms with Gasteiger partial charge in [-0.2, -0.15) is 0 Å². The fourth-order valence-corrected chi connectivity index (χ4v) is 1.87. The third kappa shape index (κ3) is 3.56. The van der Waals surface area contributed by atoms with E-state index < -0.39 is 0 Å². The smallest absolute Gasteiger partial charge is 0.131 e. The molecule has 3 N–H and O–H groups in total. The van der Waals surface area contributed by atoms with Crippen molar-refractivity contribution in [1.29, 1.82) is 0 Å². The van der Waals surface area contributed by atoms with Gasteiger partial charge in [0.2, 0.25) is 0 Å². The highest BCUT2D eigenvalue weighted by molar-refractivity contribution is 5.31. The van der Waals surface area contributed by atoms with E-state index in [1.807, 2.05) is 24.3 Å². The van der Waals surface area contributed by atoms with E-state index in [9.17, 15) is 4.39 Å². The van der Waals surface area contributed by atoms with E-state index in [4.69, 9.17) is 15.6 Å². The predicted molar refractivity (Wildman–Crippen MR) is 75.7 cm³/mol. The Morgan fingerprint density at radius 3 is 2.35 bits per heavy atom. The van der Waals surface area contributed by atoms with E-state index in [1.165, 1.54) is 6.07 Å². The van der Waals surface area contributed by atoms with Crippen molar-refractivity contribution in [3.8, 4) is 5.75 Å². The van der Waals surface area contributed by atoms with Gasteiger partial charge in [-0.25, -0.2) is 4.39 Å². The van der Waals surface area contributed by atoms with E-state index in [0.29, 0.717) is 17.9 Å². The Bertz CT molecular complexity index is 567. The lowest BCUT2D eigenvalue weighted by atomic mass is 10.1. The number of aliphatic hydroxyl groups excluding tert-OH is 1. The van der Waals surface area contributed by atoms with Crippen LogP contribution in [0.15, 0.2) is 42.5 Å². The predicted octanol–water partition coefficient (Wildman–Crippen LogP) is 2.92. The number of aliphatic hydroxyl groups is 1. The van der Waals surface area contributed by atoms with Gasteiger partial charge in [0.25, 0.3) is 0 Å². The van der Waals surface area contributed by atoms with Crippen molar-refractivity contribution >= 4 is 0 Å². The summed E-state index contributed by atoms with van der Waals surface area (Å²) in [5, 5.41) is 8.95. The van der Waals surface area contributed by atoms with Crippen LogP contribution in [0.25, 0.3) is 0 Å². The van der Waals surface area contributed by atoms with Crippen LogP contribution in [-0.2, 0) is 13.2 Å². The van der Waals surface area contributed by atoms with Crippen molar-refractivity contribution in [1.82, 2.24) is 0 Å². The number of ether oxygens (including phenoxy) is 1. The summed E-state index contributed by atoms with van der Waals surface area (Å²) in [6, 6.07) is 11.8. The first kappa shape index (κ1) is 14.5. The summed E-state index contributed by atoms with van der Waals surface area (Å²) >= 11 is 0. The Balaban J connectivity index is 2.01. The average molecular weight is 275 g/mol. The Morgan fingerprint density at radius 2 is 1.80 bits per heavy atom. The van der Waals surface area contributed by atoms with Crippen LogP contribution in [0, 0.1) is 5.82 Å². The second-order valence-electron chi connectivity index (χ2n) is 4.74. The van der Waals surface area contributed by atoms with Crippen LogP contribution >= 0.6 is 0 Å². The molecule has 4 heteroatoms. The molecule has 0 spiro atoms. The molecule has 2 aromatic carbocycles. The first-order valence-corrected chi connectivity index (χ1v) is 6.46. The van der Waals surface area contributed by atoms with Crippen molar-refractivity contribution in [3.63, 3.8) is 0 Å². The third-order valence-electron chi connectivity index (χ3n) is 3.07. The second kappa shape index (κ2) is 6.50. The van der Waals surface area contributed by atoms with Crippen molar-refractivity contribution in [2.45, 2.75) is 26.2 Å². The lowest BCUT2D eigenvalue weighted by Crippen LogP contribution is -2.07. The molecular formula is C16H18FNO2. The molecule has 0 saturated heterocycles. The quantitative estimate of drug-likeness (QED) is 0.882. The summed E-state index contributed by atoms with van der Waals surface area (Å²) in [5.74, 6) is 0.117. The molecule has 0 amide bonds. The lowest BCUT2D eigenvalue weighted by molar-refractivity contribution is 0.281. The number of rotatable bonds is 5. The van der Waals surface area contributed by atoms with Crippen LogP contribution in [0.3, 0.4) is 0 Å². The fourth-order valence-electron chi connectivity index (χ4n) is 1.87. The molecule has 2 rings (SSSR count). The molecule has 0 saturated carbocycles. The van der Waals surface area contributed by atoms with Crippen LogP contribution in [0.1, 0.15) is 29.7 Å². The van der Waals surface area contributed by atoms with Gasteiger partial charge in [-0.15, -0.1) is 0 Å². The first-order valence-electron chi connectivity index (χ1n) is 6.46. The normalized spacial score (nSPS) is 12.2. The van der Waals surface area contributed by atoms with Gasteiger partial charge in [0, 0.05) is 17.7 Å². The van der Waals surface area contributed by atoms with Gasteiger partial charge in [-0.05, 0) is 24.1 Å². The van der Waals surface area contributed by atoms with E-state index in [0.717, 1.165) is 11.1 Å². The molecule has 0 bridgehead atoms. The molecule has 2 aromatic rings. The monoisotopic (exact) mass is 275 g/mol. The highest BCUT2D eigenvalue weighted by atomic mass is 19.1. The maximum absolute atomic E-state index is 13.7. The number of hydrogen-bond acceptors (Lipinski definition) is 3. The molecule has 0 fully saturated rings. The minimum atomic E-state index is -0.354. The van der Waals surface area contributed by atoms with E-state index in [2.05, 4.69) is 0 Å². The minimum Gasteiger partial charge on any atom is -0.489 e. The Labute approximate surface area is 117 Å². The summed E-state index contributed by atoms with van der Waals surface area (Å²) in [4.78, 5) is 0. The summed E-state index contributed by atoms with van der Waals surface area (Å²) in [7, 11) is 0. The van der Waals surface area contributed by atoms with Gasteiger partial charge in [0.1, 0.15) is 18.2 Å². The van der Waals surface area contributed by atoms with Gasteiger partial charge in [-0.3, -0.25) is 0 Å². The molecule has 0 radical (unpaired) electrons. The Morgan fingerprint density at radius 1 is 1.15 bits per heavy atom. The van der Waals surface area contributed by atoms with Crippen LogP contribution in [0.5, 0.6) is 5.75 Å². The zero-order valence-electron chi connectivity index (χ0n) is 11.3. The topological polar surface area (TPSA) is 55.5 Å². The molecule has 0 heterocycles. The average Bonchev–Trinajstić information content (AvgIpc) is 2.45. The number of benzene rings is 2. The fraction of sp³-hybridized carbons (Fsp3) is 0.250. The molecule has 0 aromatic heterocycles. The molecule has 0 aliphatic rings. The van der Waals surface area contributed by atoms with Gasteiger partial charge >= 0.3 is 0 Å². The summed E-state index contributed by atoms with van der Waals surface area (Å²) in [6.45, 7) is 2.11. The van der Waals surface area contributed by atoms with Crippen molar-refractivity contribution in [3.05, 3.63) is 65.0 Å². The summed E-state index contributed by atoms with van der Waals surface area (Å²) in [5.41, 5.74) is 7.94. The molecule has 0 aliphatic carbocycles. The Hall–Kier alpha value is -1.91. The molecule has 106 valence electrons. The van der Waals surface area contributed by atoms with Gasteiger partial charge < -0.3 is 15.6 Å². The lowest BCUT2D eigenvalue weighted by Gasteiger charge is -2.10. The van der Waals surface area contributed by atoms with E-state index in [-0.39, 0.29) is 18.5 Å². The molecule has 20 heavy (non-hydrogen) atoms. The zero-order valence-corrected chi connectivity index (χ0v) is 11.3. The van der Waals surface area contributed by atoms with Crippen LogP contribution in [0.2, 0.25) is 0 Å². The first-order chi connectivity index (χ1) is 9.60. The van der Waals surface area contributed by atoms with Crippen molar-refractivity contribution in [2.75, 3.05) is 0 Å². The highest BCUT2D eigenvalue weighted by Gasteiger charge is 2.08. The maximum Gasteiger partial charge on any atom is 0.131 e. The number of halogens is 1. The standard InChI is InChI=1S/C16H18FNO2/c1-11(18)15-7-6-14(8-16(15)17)20-10-13-4-2-12(9-19)3-5-13/h2-8,11,19H,9-10,18H2,1H3. The number of nitrogens with two attached hydrogens (primary N) is 1. The molecule has 0 aliphatic heterocycles. The van der Waals surface area contributed by atoms with Crippen LogP contribution in [0.4, 0.5) is 4.39 Å². The van der Waals surface area contributed by atoms with Gasteiger partial charge in [0.15, 0.2) is 0 Å². The third-order valence-corrected chi connectivity index (χ3v) is 3.07. The van der Waals surface area contributed by atoms with E-state index in [1.54, 1.807) is 19.1 Å². The number of hydrogen-bond donors (Lipinski definition) is 2. The Kier molecular flexibility index (Phi) is 4.71. The van der Waals surface area contributed by atoms with Crippen LogP contribution in [-0.4, -0.2) is 5.11 Å². The molecule has 3 nitrogen and oxygen atoms in total. The zero-order chi connectivity index (χ0) is 14.5. The van der Waals surface area contributed by atoms with Crippen molar-refractivity contribution in [2.24, 2.45) is 5.73 Å². The van der Waals surface area contributed by atoms with Crippen molar-refractivity contribution < 1.29 is 14.2 Å².